The normalized spacial score (nSPS) is 10.6. The second kappa shape index (κ2) is 9.18. The van der Waals surface area contributed by atoms with Crippen molar-refractivity contribution >= 4 is 34.5 Å². The van der Waals surface area contributed by atoms with Crippen LogP contribution in [0.5, 0.6) is 5.75 Å². The van der Waals surface area contributed by atoms with Gasteiger partial charge in [0.1, 0.15) is 17.9 Å². The zero-order valence-corrected chi connectivity index (χ0v) is 16.0. The van der Waals surface area contributed by atoms with Crippen LogP contribution in [-0.4, -0.2) is 46.6 Å². The van der Waals surface area contributed by atoms with E-state index in [0.29, 0.717) is 28.4 Å². The molecule has 3 aromatic rings. The molecule has 28 heavy (non-hydrogen) atoms. The number of carbonyl (C=O) groups excluding carboxylic acids is 2. The quantitative estimate of drug-likeness (QED) is 0.459. The van der Waals surface area contributed by atoms with E-state index in [1.54, 1.807) is 47.1 Å². The smallest absolute Gasteiger partial charge is 0.338 e. The Morgan fingerprint density at radius 3 is 2.71 bits per heavy atom. The van der Waals surface area contributed by atoms with Crippen LogP contribution in [0.3, 0.4) is 0 Å². The number of amides is 1. The highest BCUT2D eigenvalue weighted by atomic mass is 35.5. The second-order valence-electron chi connectivity index (χ2n) is 5.84. The van der Waals surface area contributed by atoms with Crippen molar-refractivity contribution in [3.8, 4) is 5.75 Å². The van der Waals surface area contributed by atoms with Gasteiger partial charge in [0.15, 0.2) is 6.61 Å². The Bertz CT molecular complexity index is 972. The van der Waals surface area contributed by atoms with E-state index in [2.05, 4.69) is 15.6 Å². The molecule has 1 N–H and O–H groups in total. The number of halogens is 1. The van der Waals surface area contributed by atoms with Gasteiger partial charge < -0.3 is 14.8 Å². The van der Waals surface area contributed by atoms with Gasteiger partial charge in [-0.25, -0.2) is 9.48 Å². The number of hydrogen-bond acceptors (Lipinski definition) is 6. The zero-order chi connectivity index (χ0) is 19.9. The van der Waals surface area contributed by atoms with Gasteiger partial charge in [0.2, 0.25) is 0 Å². The topological polar surface area (TPSA) is 95.3 Å². The number of nitrogens with one attached hydrogen (secondary N) is 1. The number of esters is 1. The number of aryl methyl sites for hydroxylation is 1. The van der Waals surface area contributed by atoms with Gasteiger partial charge in [0, 0.05) is 11.6 Å². The van der Waals surface area contributed by atoms with Crippen molar-refractivity contribution in [2.45, 2.75) is 13.5 Å². The van der Waals surface area contributed by atoms with Crippen LogP contribution in [-0.2, 0) is 16.1 Å². The molecule has 9 heteroatoms. The molecule has 1 amide bonds. The minimum absolute atomic E-state index is 0.283. The third kappa shape index (κ3) is 4.98. The fraction of sp³-hybridized carbons (Fsp3) is 0.263. The summed E-state index contributed by atoms with van der Waals surface area (Å²) in [5.41, 5.74) is 1.74. The van der Waals surface area contributed by atoms with Crippen molar-refractivity contribution < 1.29 is 19.1 Å². The molecule has 0 aliphatic carbocycles. The van der Waals surface area contributed by atoms with Gasteiger partial charge >= 0.3 is 5.97 Å². The first-order valence-electron chi connectivity index (χ1n) is 8.72. The predicted molar refractivity (Wildman–Crippen MR) is 103 cm³/mol. The Morgan fingerprint density at radius 2 is 1.96 bits per heavy atom. The van der Waals surface area contributed by atoms with Crippen molar-refractivity contribution in [2.75, 3.05) is 19.8 Å². The maximum Gasteiger partial charge on any atom is 0.338 e. The summed E-state index contributed by atoms with van der Waals surface area (Å²) in [6.07, 6.45) is 0. The summed E-state index contributed by atoms with van der Waals surface area (Å²) in [6, 6.07) is 11.9. The number of fused-ring (bicyclic) bond motifs is 1. The van der Waals surface area contributed by atoms with E-state index in [1.807, 2.05) is 6.92 Å². The Balaban J connectivity index is 1.41. The zero-order valence-electron chi connectivity index (χ0n) is 15.2. The van der Waals surface area contributed by atoms with Crippen LogP contribution in [0, 0.1) is 0 Å². The number of ether oxygens (including phenoxy) is 2. The lowest BCUT2D eigenvalue weighted by atomic mass is 10.2. The van der Waals surface area contributed by atoms with Crippen LogP contribution in [0.1, 0.15) is 17.3 Å². The Labute approximate surface area is 166 Å². The Hall–Kier alpha value is -3.13. The number of nitrogens with zero attached hydrogens (tertiary/aromatic N) is 3. The van der Waals surface area contributed by atoms with Gasteiger partial charge in [-0.05, 0) is 49.4 Å². The molecule has 1 aromatic heterocycles. The molecule has 146 valence electrons. The largest absolute Gasteiger partial charge is 0.492 e. The van der Waals surface area contributed by atoms with Crippen LogP contribution in [0.2, 0.25) is 5.02 Å². The second-order valence-corrected chi connectivity index (χ2v) is 6.27. The fourth-order valence-electron chi connectivity index (χ4n) is 2.49. The van der Waals surface area contributed by atoms with E-state index < -0.39 is 11.9 Å². The number of rotatable bonds is 8. The highest BCUT2D eigenvalue weighted by Gasteiger charge is 2.12. The Morgan fingerprint density at radius 1 is 1.18 bits per heavy atom. The minimum Gasteiger partial charge on any atom is -0.492 e. The van der Waals surface area contributed by atoms with Gasteiger partial charge in [-0.3, -0.25) is 4.79 Å². The molecule has 0 aliphatic rings. The summed E-state index contributed by atoms with van der Waals surface area (Å²) in [4.78, 5) is 23.9. The maximum absolute atomic E-state index is 12.1. The van der Waals surface area contributed by atoms with E-state index in [4.69, 9.17) is 21.1 Å². The summed E-state index contributed by atoms with van der Waals surface area (Å²) >= 11 is 5.79. The number of hydrogen-bond donors (Lipinski definition) is 1. The monoisotopic (exact) mass is 402 g/mol. The standard InChI is InChI=1S/C19H19ClN4O4/c1-2-24-17-8-3-13(11-16(17)22-23-24)19(26)28-12-18(25)21-9-10-27-15-6-4-14(20)5-7-15/h3-8,11H,2,9-10,12H2,1H3,(H,21,25). The first-order chi connectivity index (χ1) is 13.6. The molecule has 0 saturated carbocycles. The van der Waals surface area contributed by atoms with E-state index >= 15 is 0 Å². The summed E-state index contributed by atoms with van der Waals surface area (Å²) in [5, 5.41) is 11.2. The van der Waals surface area contributed by atoms with Crippen LogP contribution in [0.25, 0.3) is 11.0 Å². The summed E-state index contributed by atoms with van der Waals surface area (Å²) in [5.74, 6) is -0.355. The van der Waals surface area contributed by atoms with Gasteiger partial charge in [0.05, 0.1) is 17.6 Å². The molecule has 0 radical (unpaired) electrons. The van der Waals surface area contributed by atoms with Gasteiger partial charge in [-0.2, -0.15) is 0 Å². The Kier molecular flexibility index (Phi) is 6.44. The molecule has 3 rings (SSSR count). The van der Waals surface area contributed by atoms with Gasteiger partial charge in [-0.1, -0.05) is 16.8 Å². The van der Waals surface area contributed by atoms with E-state index in [9.17, 15) is 9.59 Å². The first-order valence-corrected chi connectivity index (χ1v) is 9.10. The summed E-state index contributed by atoms with van der Waals surface area (Å²) < 4.78 is 12.2. The summed E-state index contributed by atoms with van der Waals surface area (Å²) in [7, 11) is 0. The third-order valence-corrected chi connectivity index (χ3v) is 4.14. The lowest BCUT2D eigenvalue weighted by Crippen LogP contribution is -2.32. The molecule has 0 unspecified atom stereocenters. The third-order valence-electron chi connectivity index (χ3n) is 3.89. The minimum atomic E-state index is -0.597. The molecular weight excluding hydrogens is 384 g/mol. The van der Waals surface area contributed by atoms with Gasteiger partial charge in [0.25, 0.3) is 5.91 Å². The molecule has 0 saturated heterocycles. The molecular formula is C19H19ClN4O4. The highest BCUT2D eigenvalue weighted by Crippen LogP contribution is 2.15. The van der Waals surface area contributed by atoms with E-state index in [-0.39, 0.29) is 19.8 Å². The van der Waals surface area contributed by atoms with Crippen molar-refractivity contribution in [3.05, 3.63) is 53.1 Å². The fourth-order valence-corrected chi connectivity index (χ4v) is 2.61. The molecule has 8 nitrogen and oxygen atoms in total. The number of benzene rings is 2. The molecule has 2 aromatic carbocycles. The molecule has 0 bridgehead atoms. The molecule has 0 fully saturated rings. The van der Waals surface area contributed by atoms with Crippen molar-refractivity contribution in [3.63, 3.8) is 0 Å². The van der Waals surface area contributed by atoms with Crippen molar-refractivity contribution in [2.24, 2.45) is 0 Å². The molecule has 0 aliphatic heterocycles. The van der Waals surface area contributed by atoms with Crippen LogP contribution >= 0.6 is 11.6 Å². The lowest BCUT2D eigenvalue weighted by molar-refractivity contribution is -0.124. The first kappa shape index (κ1) is 19.6. The van der Waals surface area contributed by atoms with Crippen LogP contribution < -0.4 is 10.1 Å². The van der Waals surface area contributed by atoms with Crippen molar-refractivity contribution in [1.82, 2.24) is 20.3 Å². The maximum atomic E-state index is 12.1. The van der Waals surface area contributed by atoms with Crippen LogP contribution in [0.15, 0.2) is 42.5 Å². The summed E-state index contributed by atoms with van der Waals surface area (Å²) in [6.45, 7) is 2.83. The van der Waals surface area contributed by atoms with Crippen molar-refractivity contribution in [1.29, 1.82) is 0 Å². The van der Waals surface area contributed by atoms with E-state index in [1.165, 1.54) is 0 Å². The number of aromatic nitrogens is 3. The predicted octanol–water partition coefficient (Wildman–Crippen LogP) is 2.46. The molecule has 0 spiro atoms. The SMILES string of the molecule is CCn1nnc2cc(C(=O)OCC(=O)NCCOc3ccc(Cl)cc3)ccc21. The average Bonchev–Trinajstić information content (AvgIpc) is 3.13. The average molecular weight is 403 g/mol. The molecule has 1 heterocycles. The highest BCUT2D eigenvalue weighted by molar-refractivity contribution is 6.30. The molecule has 0 atom stereocenters. The van der Waals surface area contributed by atoms with Gasteiger partial charge in [-0.15, -0.1) is 5.10 Å². The lowest BCUT2D eigenvalue weighted by Gasteiger charge is -2.08. The van der Waals surface area contributed by atoms with E-state index in [0.717, 1.165) is 5.52 Å². The number of carbonyl (C=O) groups is 2. The van der Waals surface area contributed by atoms with Crippen LogP contribution in [0.4, 0.5) is 0 Å².